The van der Waals surface area contributed by atoms with Crippen molar-refractivity contribution >= 4 is 29.2 Å². The lowest BCUT2D eigenvalue weighted by atomic mass is 10.3. The Balaban J connectivity index is 1.49. The van der Waals surface area contributed by atoms with Crippen molar-refractivity contribution in [2.24, 2.45) is 0 Å². The third-order valence-corrected chi connectivity index (χ3v) is 3.76. The Labute approximate surface area is 160 Å². The fourth-order valence-electron chi connectivity index (χ4n) is 2.39. The van der Waals surface area contributed by atoms with E-state index in [2.05, 4.69) is 15.6 Å². The van der Waals surface area contributed by atoms with Crippen LogP contribution in [0.2, 0.25) is 0 Å². The molecule has 0 aliphatic heterocycles. The molecule has 28 heavy (non-hydrogen) atoms. The molecule has 0 aliphatic carbocycles. The maximum absolute atomic E-state index is 12.1. The minimum atomic E-state index is -0.765. The van der Waals surface area contributed by atoms with E-state index < -0.39 is 24.5 Å². The summed E-state index contributed by atoms with van der Waals surface area (Å²) in [5.41, 5.74) is 2.14. The van der Waals surface area contributed by atoms with Gasteiger partial charge >= 0.3 is 12.0 Å². The molecular weight excluding hydrogens is 364 g/mol. The monoisotopic (exact) mass is 382 g/mol. The van der Waals surface area contributed by atoms with Crippen LogP contribution in [0, 0.1) is 6.92 Å². The second-order valence-corrected chi connectivity index (χ2v) is 5.90. The maximum Gasteiger partial charge on any atom is 0.359 e. The first kappa shape index (κ1) is 18.9. The lowest BCUT2D eigenvalue weighted by Gasteiger charge is -2.07. The molecular formula is C19H18N4O5. The van der Waals surface area contributed by atoms with Crippen LogP contribution in [0.5, 0.6) is 5.75 Å². The molecule has 3 aromatic rings. The van der Waals surface area contributed by atoms with Gasteiger partial charge in [-0.25, -0.2) is 14.6 Å². The number of hydrogen-bond donors (Lipinski definition) is 2. The van der Waals surface area contributed by atoms with E-state index in [1.165, 1.54) is 13.3 Å². The summed E-state index contributed by atoms with van der Waals surface area (Å²) >= 11 is 0. The zero-order valence-electron chi connectivity index (χ0n) is 15.3. The first-order chi connectivity index (χ1) is 13.4. The Kier molecular flexibility index (Phi) is 5.54. The van der Waals surface area contributed by atoms with Gasteiger partial charge in [0.2, 0.25) is 0 Å². The van der Waals surface area contributed by atoms with Crippen molar-refractivity contribution in [3.63, 3.8) is 0 Å². The van der Waals surface area contributed by atoms with Crippen molar-refractivity contribution in [3.8, 4) is 5.75 Å². The standard InChI is InChI=1S/C19H18N4O5/c1-12-7-8-23-10-15(21-16(23)9-12)18(25)28-11-17(24)22-19(26)20-13-3-5-14(27-2)6-4-13/h3-10H,11H2,1-2H3,(H2,20,22,24,26). The smallest absolute Gasteiger partial charge is 0.359 e. The Hall–Kier alpha value is -3.88. The number of fused-ring (bicyclic) bond motifs is 1. The number of rotatable bonds is 5. The van der Waals surface area contributed by atoms with Crippen molar-refractivity contribution in [2.45, 2.75) is 6.92 Å². The zero-order chi connectivity index (χ0) is 20.1. The SMILES string of the molecule is COc1ccc(NC(=O)NC(=O)COC(=O)c2cn3ccc(C)cc3n2)cc1. The number of imidazole rings is 1. The molecule has 0 bridgehead atoms. The number of amides is 3. The van der Waals surface area contributed by atoms with Crippen LogP contribution in [0.4, 0.5) is 10.5 Å². The van der Waals surface area contributed by atoms with Crippen molar-refractivity contribution in [1.82, 2.24) is 14.7 Å². The van der Waals surface area contributed by atoms with Crippen LogP contribution in [0.1, 0.15) is 16.1 Å². The minimum Gasteiger partial charge on any atom is -0.497 e. The highest BCUT2D eigenvalue weighted by atomic mass is 16.5. The van der Waals surface area contributed by atoms with E-state index in [9.17, 15) is 14.4 Å². The van der Waals surface area contributed by atoms with Gasteiger partial charge in [0, 0.05) is 18.1 Å². The lowest BCUT2D eigenvalue weighted by molar-refractivity contribution is -0.123. The molecule has 9 heteroatoms. The number of nitrogens with zero attached hydrogens (tertiary/aromatic N) is 2. The van der Waals surface area contributed by atoms with E-state index in [-0.39, 0.29) is 5.69 Å². The van der Waals surface area contributed by atoms with Crippen LogP contribution in [0.15, 0.2) is 48.8 Å². The topological polar surface area (TPSA) is 111 Å². The fourth-order valence-corrected chi connectivity index (χ4v) is 2.39. The molecule has 0 saturated carbocycles. The molecule has 3 amide bonds. The van der Waals surface area contributed by atoms with E-state index in [1.807, 2.05) is 19.1 Å². The van der Waals surface area contributed by atoms with Gasteiger partial charge in [0.05, 0.1) is 7.11 Å². The highest BCUT2D eigenvalue weighted by Crippen LogP contribution is 2.14. The van der Waals surface area contributed by atoms with Crippen LogP contribution in [-0.2, 0) is 9.53 Å². The predicted octanol–water partition coefficient (Wildman–Crippen LogP) is 2.16. The summed E-state index contributed by atoms with van der Waals surface area (Å²) in [6.45, 7) is 1.30. The van der Waals surface area contributed by atoms with E-state index in [0.29, 0.717) is 17.1 Å². The van der Waals surface area contributed by atoms with Gasteiger partial charge in [-0.2, -0.15) is 0 Å². The van der Waals surface area contributed by atoms with Crippen LogP contribution in [0.25, 0.3) is 5.65 Å². The van der Waals surface area contributed by atoms with Gasteiger partial charge in [0.1, 0.15) is 11.4 Å². The van der Waals surface area contributed by atoms with E-state index >= 15 is 0 Å². The summed E-state index contributed by atoms with van der Waals surface area (Å²) < 4.78 is 11.6. The molecule has 0 unspecified atom stereocenters. The second kappa shape index (κ2) is 8.21. The average molecular weight is 382 g/mol. The van der Waals surface area contributed by atoms with Gasteiger partial charge in [-0.1, -0.05) is 0 Å². The zero-order valence-corrected chi connectivity index (χ0v) is 15.3. The minimum absolute atomic E-state index is 0.0704. The average Bonchev–Trinajstić information content (AvgIpc) is 3.10. The molecule has 0 atom stereocenters. The molecule has 2 heterocycles. The Morgan fingerprint density at radius 2 is 1.89 bits per heavy atom. The van der Waals surface area contributed by atoms with Gasteiger partial charge < -0.3 is 19.2 Å². The van der Waals surface area contributed by atoms with Crippen molar-refractivity contribution in [3.05, 3.63) is 60.0 Å². The summed E-state index contributed by atoms with van der Waals surface area (Å²) in [6, 6.07) is 9.51. The molecule has 0 aliphatic rings. The number of imide groups is 1. The first-order valence-corrected chi connectivity index (χ1v) is 8.32. The first-order valence-electron chi connectivity index (χ1n) is 8.32. The number of nitrogens with one attached hydrogen (secondary N) is 2. The normalized spacial score (nSPS) is 10.4. The molecule has 2 aromatic heterocycles. The molecule has 3 rings (SSSR count). The number of ether oxygens (including phenoxy) is 2. The lowest BCUT2D eigenvalue weighted by Crippen LogP contribution is -2.37. The number of hydrogen-bond acceptors (Lipinski definition) is 6. The van der Waals surface area contributed by atoms with Crippen molar-refractivity contribution < 1.29 is 23.9 Å². The highest BCUT2D eigenvalue weighted by molar-refractivity contribution is 6.02. The third-order valence-electron chi connectivity index (χ3n) is 3.76. The molecule has 1 aromatic carbocycles. The molecule has 144 valence electrons. The van der Waals surface area contributed by atoms with Crippen LogP contribution < -0.4 is 15.4 Å². The van der Waals surface area contributed by atoms with Gasteiger partial charge in [-0.3, -0.25) is 10.1 Å². The third kappa shape index (κ3) is 4.64. The van der Waals surface area contributed by atoms with Crippen LogP contribution >= 0.6 is 0 Å². The summed E-state index contributed by atoms with van der Waals surface area (Å²) in [5, 5.41) is 4.56. The number of aromatic nitrogens is 2. The van der Waals surface area contributed by atoms with Gasteiger partial charge in [0.25, 0.3) is 5.91 Å². The molecule has 9 nitrogen and oxygen atoms in total. The number of benzene rings is 1. The predicted molar refractivity (Wildman–Crippen MR) is 100 cm³/mol. The maximum atomic E-state index is 12.1. The second-order valence-electron chi connectivity index (χ2n) is 5.90. The summed E-state index contributed by atoms with van der Waals surface area (Å²) in [7, 11) is 1.53. The number of urea groups is 1. The fraction of sp³-hybridized carbons (Fsp3) is 0.158. The summed E-state index contributed by atoms with van der Waals surface area (Å²) in [5.74, 6) is -0.887. The molecule has 0 spiro atoms. The van der Waals surface area contributed by atoms with Crippen molar-refractivity contribution in [1.29, 1.82) is 0 Å². The molecule has 0 fully saturated rings. The number of methoxy groups -OCH3 is 1. The number of aryl methyl sites for hydroxylation is 1. The van der Waals surface area contributed by atoms with Gasteiger partial charge in [-0.15, -0.1) is 0 Å². The number of anilines is 1. The number of carbonyl (C=O) groups excluding carboxylic acids is 3. The molecule has 0 radical (unpaired) electrons. The van der Waals surface area contributed by atoms with E-state index in [1.54, 1.807) is 34.9 Å². The number of carbonyl (C=O) groups is 3. The Bertz CT molecular complexity index is 1030. The number of pyridine rings is 1. The van der Waals surface area contributed by atoms with Crippen LogP contribution in [-0.4, -0.2) is 41.0 Å². The van der Waals surface area contributed by atoms with Gasteiger partial charge in [-0.05, 0) is 48.9 Å². The van der Waals surface area contributed by atoms with Gasteiger partial charge in [0.15, 0.2) is 12.3 Å². The van der Waals surface area contributed by atoms with Crippen LogP contribution in [0.3, 0.4) is 0 Å². The largest absolute Gasteiger partial charge is 0.497 e. The molecule has 0 saturated heterocycles. The Morgan fingerprint density at radius 1 is 1.14 bits per heavy atom. The highest BCUT2D eigenvalue weighted by Gasteiger charge is 2.15. The summed E-state index contributed by atoms with van der Waals surface area (Å²) in [6.07, 6.45) is 3.27. The number of esters is 1. The van der Waals surface area contributed by atoms with Crippen molar-refractivity contribution in [2.75, 3.05) is 19.0 Å². The quantitative estimate of drug-likeness (QED) is 0.654. The van der Waals surface area contributed by atoms with E-state index in [0.717, 1.165) is 5.56 Å². The summed E-state index contributed by atoms with van der Waals surface area (Å²) in [4.78, 5) is 39.8. The molecule has 2 N–H and O–H groups in total. The Morgan fingerprint density at radius 3 is 2.61 bits per heavy atom. The van der Waals surface area contributed by atoms with E-state index in [4.69, 9.17) is 9.47 Å².